The van der Waals surface area contributed by atoms with Gasteiger partial charge in [0.05, 0.1) is 11.6 Å². The van der Waals surface area contributed by atoms with Crippen LogP contribution in [0.3, 0.4) is 0 Å². The highest BCUT2D eigenvalue weighted by atomic mass is 32.2. The second kappa shape index (κ2) is 9.61. The Morgan fingerprint density at radius 3 is 2.66 bits per heavy atom. The lowest BCUT2D eigenvalue weighted by molar-refractivity contribution is -0.143. The smallest absolute Gasteiger partial charge is 0.407 e. The predicted molar refractivity (Wildman–Crippen MR) is 129 cm³/mol. The minimum atomic E-state index is -0.550. The second-order valence-corrected chi connectivity index (χ2v) is 10.8. The van der Waals surface area contributed by atoms with E-state index in [0.717, 1.165) is 32.6 Å². The van der Waals surface area contributed by atoms with E-state index in [0.29, 0.717) is 13.0 Å². The Morgan fingerprint density at radius 1 is 1.31 bits per heavy atom. The fourth-order valence-corrected chi connectivity index (χ4v) is 5.21. The molecule has 6 nitrogen and oxygen atoms in total. The average Bonchev–Trinajstić information content (AvgIpc) is 3.02. The number of H-pyrrole nitrogens is 1. The summed E-state index contributed by atoms with van der Waals surface area (Å²) in [6, 6.07) is 5.91. The highest BCUT2D eigenvalue weighted by Crippen LogP contribution is 2.42. The summed E-state index contributed by atoms with van der Waals surface area (Å²) >= 11 is 1.70. The molecule has 0 saturated carbocycles. The van der Waals surface area contributed by atoms with E-state index in [9.17, 15) is 9.59 Å². The number of benzene rings is 1. The molecule has 0 fully saturated rings. The summed E-state index contributed by atoms with van der Waals surface area (Å²) in [5, 5.41) is 5.34. The maximum Gasteiger partial charge on any atom is 0.407 e. The Kier molecular flexibility index (Phi) is 7.28. The number of carbonyl (C=O) groups excluding carboxylic acids is 2. The zero-order valence-electron chi connectivity index (χ0n) is 20.0. The molecule has 1 aliphatic heterocycles. The zero-order chi connectivity index (χ0) is 23.6. The van der Waals surface area contributed by atoms with Crippen LogP contribution in [-0.4, -0.2) is 40.5 Å². The van der Waals surface area contributed by atoms with Gasteiger partial charge in [-0.1, -0.05) is 30.7 Å². The molecule has 3 atom stereocenters. The Balaban J connectivity index is 2.02. The Hall–Kier alpha value is -2.41. The second-order valence-electron chi connectivity index (χ2n) is 9.46. The molecule has 2 aromatic rings. The van der Waals surface area contributed by atoms with Gasteiger partial charge in [0.25, 0.3) is 0 Å². The number of ether oxygens (including phenoxy) is 2. The number of nitrogens with one attached hydrogen (secondary N) is 2. The number of hydrogen-bond donors (Lipinski definition) is 2. The first-order valence-corrected chi connectivity index (χ1v) is 12.0. The molecular weight excluding hydrogens is 424 g/mol. The molecule has 0 radical (unpaired) electrons. The molecular formula is C25H34N2O4S. The van der Waals surface area contributed by atoms with E-state index in [2.05, 4.69) is 17.2 Å². The number of allylic oxidation sites excluding steroid dienone is 1. The molecule has 0 bridgehead atoms. The van der Waals surface area contributed by atoms with Gasteiger partial charge in [0.1, 0.15) is 11.5 Å². The molecule has 1 aromatic heterocycles. The van der Waals surface area contributed by atoms with Crippen LogP contribution in [-0.2, 0) is 20.7 Å². The van der Waals surface area contributed by atoms with Crippen molar-refractivity contribution in [2.45, 2.75) is 82.7 Å². The predicted octanol–water partition coefficient (Wildman–Crippen LogP) is 5.71. The molecule has 0 aliphatic carbocycles. The van der Waals surface area contributed by atoms with Crippen molar-refractivity contribution in [1.29, 1.82) is 0 Å². The lowest BCUT2D eigenvalue weighted by Crippen LogP contribution is -2.46. The molecule has 3 rings (SSSR count). The lowest BCUT2D eigenvalue weighted by atomic mass is 9.90. The van der Waals surface area contributed by atoms with Crippen molar-refractivity contribution in [2.24, 2.45) is 0 Å². The number of rotatable bonds is 5. The topological polar surface area (TPSA) is 80.4 Å². The third-order valence-corrected chi connectivity index (χ3v) is 6.58. The molecule has 174 valence electrons. The van der Waals surface area contributed by atoms with Crippen LogP contribution in [0, 0.1) is 0 Å². The number of fused-ring (bicyclic) bond motifs is 3. The van der Waals surface area contributed by atoms with E-state index in [-0.39, 0.29) is 17.3 Å². The van der Waals surface area contributed by atoms with Crippen LogP contribution in [0.25, 0.3) is 10.9 Å². The van der Waals surface area contributed by atoms with Gasteiger partial charge in [0.15, 0.2) is 0 Å². The van der Waals surface area contributed by atoms with Crippen LogP contribution in [0.4, 0.5) is 4.79 Å². The molecule has 0 spiro atoms. The van der Waals surface area contributed by atoms with E-state index in [1.807, 2.05) is 65.8 Å². The largest absolute Gasteiger partial charge is 0.465 e. The van der Waals surface area contributed by atoms with Gasteiger partial charge in [-0.25, -0.2) is 4.79 Å². The number of hydrogen-bond acceptors (Lipinski definition) is 5. The minimum absolute atomic E-state index is 0.0843. The summed E-state index contributed by atoms with van der Waals surface area (Å²) in [6.07, 6.45) is 2.21. The van der Waals surface area contributed by atoms with E-state index in [4.69, 9.17) is 9.47 Å². The molecule has 0 saturated heterocycles. The maximum absolute atomic E-state index is 12.9. The normalized spacial score (nSPS) is 19.1. The molecule has 0 unspecified atom stereocenters. The first-order valence-electron chi connectivity index (χ1n) is 11.1. The van der Waals surface area contributed by atoms with Gasteiger partial charge in [-0.05, 0) is 65.2 Å². The Labute approximate surface area is 194 Å². The van der Waals surface area contributed by atoms with Gasteiger partial charge in [0.2, 0.25) is 0 Å². The van der Waals surface area contributed by atoms with Crippen molar-refractivity contribution in [2.75, 3.05) is 6.61 Å². The van der Waals surface area contributed by atoms with Crippen molar-refractivity contribution in [3.63, 3.8) is 0 Å². The summed E-state index contributed by atoms with van der Waals surface area (Å²) in [7, 11) is 0. The number of carbonyl (C=O) groups is 2. The van der Waals surface area contributed by atoms with Crippen molar-refractivity contribution in [3.8, 4) is 0 Å². The number of aromatic amines is 1. The van der Waals surface area contributed by atoms with Gasteiger partial charge < -0.3 is 19.8 Å². The number of esters is 1. The quantitative estimate of drug-likeness (QED) is 0.443. The van der Waals surface area contributed by atoms with Crippen LogP contribution >= 0.6 is 11.8 Å². The standard InChI is InChI=1S/C25H34N2O4S/c1-8-30-23(28)17(12-14(2)3)16-10-9-11-19-21(16)18-13-20(15(4)32-22(18)26-19)27-24(29)31-25(5,6)7/h9-12,15,17,20,26H,8,13H2,1-7H3,(H,27,29)/t15-,17+,20+/m1/s1. The maximum atomic E-state index is 12.9. The molecule has 32 heavy (non-hydrogen) atoms. The summed E-state index contributed by atoms with van der Waals surface area (Å²) in [6.45, 7) is 13.8. The molecule has 2 heterocycles. The van der Waals surface area contributed by atoms with Gasteiger partial charge >= 0.3 is 12.1 Å². The first kappa shape index (κ1) is 24.2. The van der Waals surface area contributed by atoms with Crippen LogP contribution in [0.15, 0.2) is 34.9 Å². The number of thioether (sulfide) groups is 1. The van der Waals surface area contributed by atoms with Gasteiger partial charge in [-0.2, -0.15) is 0 Å². The molecule has 1 aromatic carbocycles. The summed E-state index contributed by atoms with van der Waals surface area (Å²) in [5.74, 6) is -0.735. The zero-order valence-corrected chi connectivity index (χ0v) is 20.8. The van der Waals surface area contributed by atoms with Crippen LogP contribution < -0.4 is 5.32 Å². The van der Waals surface area contributed by atoms with Crippen molar-refractivity contribution in [3.05, 3.63) is 41.0 Å². The SMILES string of the molecule is CCOC(=O)[C@@H](C=C(C)C)c1cccc2[nH]c3c(c12)C[C@H](NC(=O)OC(C)(C)C)[C@@H](C)S3. The van der Waals surface area contributed by atoms with Crippen molar-refractivity contribution in [1.82, 2.24) is 10.3 Å². The molecule has 7 heteroatoms. The highest BCUT2D eigenvalue weighted by Gasteiger charge is 2.33. The van der Waals surface area contributed by atoms with E-state index < -0.39 is 17.6 Å². The lowest BCUT2D eigenvalue weighted by Gasteiger charge is -2.30. The van der Waals surface area contributed by atoms with Crippen LogP contribution in [0.1, 0.15) is 65.5 Å². The van der Waals surface area contributed by atoms with E-state index >= 15 is 0 Å². The Bertz CT molecular complexity index is 1030. The summed E-state index contributed by atoms with van der Waals surface area (Å²) < 4.78 is 10.9. The fourth-order valence-electron chi connectivity index (χ4n) is 4.01. The monoisotopic (exact) mass is 458 g/mol. The van der Waals surface area contributed by atoms with E-state index in [1.54, 1.807) is 11.8 Å². The molecule has 1 aliphatic rings. The van der Waals surface area contributed by atoms with Crippen molar-refractivity contribution < 1.29 is 19.1 Å². The number of amides is 1. The van der Waals surface area contributed by atoms with Gasteiger partial charge in [0, 0.05) is 22.2 Å². The van der Waals surface area contributed by atoms with Gasteiger partial charge in [-0.3, -0.25) is 4.79 Å². The van der Waals surface area contributed by atoms with Crippen molar-refractivity contribution >= 4 is 34.7 Å². The van der Waals surface area contributed by atoms with E-state index in [1.165, 1.54) is 0 Å². The highest BCUT2D eigenvalue weighted by molar-refractivity contribution is 8.00. The average molecular weight is 459 g/mol. The fraction of sp³-hybridized carbons (Fsp3) is 0.520. The number of alkyl carbamates (subject to hydrolysis) is 1. The first-order chi connectivity index (χ1) is 15.0. The number of aromatic nitrogens is 1. The van der Waals surface area contributed by atoms with Crippen LogP contribution in [0.2, 0.25) is 0 Å². The summed E-state index contributed by atoms with van der Waals surface area (Å²) in [5.41, 5.74) is 3.53. The third kappa shape index (κ3) is 5.49. The van der Waals surface area contributed by atoms with Crippen LogP contribution in [0.5, 0.6) is 0 Å². The third-order valence-electron chi connectivity index (χ3n) is 5.29. The molecule has 1 amide bonds. The minimum Gasteiger partial charge on any atom is -0.465 e. The molecule has 2 N–H and O–H groups in total. The summed E-state index contributed by atoms with van der Waals surface area (Å²) in [4.78, 5) is 28.8. The Morgan fingerprint density at radius 2 is 2.03 bits per heavy atom. The van der Waals surface area contributed by atoms with Gasteiger partial charge in [-0.15, -0.1) is 11.8 Å².